The van der Waals surface area contributed by atoms with Crippen molar-refractivity contribution in [1.82, 2.24) is 10.9 Å². The molecular formula is C18H14ClN3O4. The highest BCUT2D eigenvalue weighted by Crippen LogP contribution is 2.31. The number of halogens is 1. The van der Waals surface area contributed by atoms with Gasteiger partial charge in [0.2, 0.25) is 0 Å². The standard InChI is InChI=1S/C18H14ClN3O4/c19-13-5-6-15-12(7-13)8-16(26-15)18(24)22-21-17(23)10-25-14-4-2-1-3-11(14)9-20/h1-7,16H,8,10H2,(H,21,23)(H,22,24). The molecule has 0 saturated heterocycles. The number of carbonyl (C=O) groups excluding carboxylic acids is 2. The number of hydrogen-bond acceptors (Lipinski definition) is 5. The fourth-order valence-electron chi connectivity index (χ4n) is 2.44. The first-order valence-electron chi connectivity index (χ1n) is 7.72. The van der Waals surface area contributed by atoms with E-state index in [-0.39, 0.29) is 6.61 Å². The van der Waals surface area contributed by atoms with Gasteiger partial charge in [-0.05, 0) is 35.9 Å². The minimum absolute atomic E-state index is 0.294. The molecule has 1 aliphatic rings. The van der Waals surface area contributed by atoms with Crippen LogP contribution in [-0.2, 0) is 16.0 Å². The third-order valence-corrected chi connectivity index (χ3v) is 3.92. The Morgan fingerprint density at radius 1 is 1.27 bits per heavy atom. The normalized spacial score (nSPS) is 14.5. The van der Waals surface area contributed by atoms with E-state index >= 15 is 0 Å². The van der Waals surface area contributed by atoms with Gasteiger partial charge in [-0.1, -0.05) is 23.7 Å². The predicted octanol–water partition coefficient (Wildman–Crippen LogP) is 1.74. The second kappa shape index (κ2) is 7.76. The molecule has 1 aliphatic heterocycles. The Labute approximate surface area is 154 Å². The number of nitriles is 1. The van der Waals surface area contributed by atoms with E-state index in [2.05, 4.69) is 10.9 Å². The fraction of sp³-hybridized carbons (Fsp3) is 0.167. The molecule has 2 aromatic carbocycles. The lowest BCUT2D eigenvalue weighted by atomic mass is 10.1. The van der Waals surface area contributed by atoms with E-state index in [1.807, 2.05) is 6.07 Å². The summed E-state index contributed by atoms with van der Waals surface area (Å²) < 4.78 is 10.8. The van der Waals surface area contributed by atoms with Crippen molar-refractivity contribution in [2.24, 2.45) is 0 Å². The Balaban J connectivity index is 1.46. The van der Waals surface area contributed by atoms with Gasteiger partial charge < -0.3 is 9.47 Å². The minimum atomic E-state index is -0.746. The monoisotopic (exact) mass is 371 g/mol. The van der Waals surface area contributed by atoms with Crippen LogP contribution in [-0.4, -0.2) is 24.5 Å². The number of rotatable bonds is 4. The average molecular weight is 372 g/mol. The molecule has 0 bridgehead atoms. The zero-order valence-electron chi connectivity index (χ0n) is 13.5. The van der Waals surface area contributed by atoms with Gasteiger partial charge in [-0.2, -0.15) is 5.26 Å². The molecule has 26 heavy (non-hydrogen) atoms. The van der Waals surface area contributed by atoms with Crippen molar-refractivity contribution in [2.75, 3.05) is 6.61 Å². The van der Waals surface area contributed by atoms with Crippen LogP contribution in [0.2, 0.25) is 5.02 Å². The first-order chi connectivity index (χ1) is 12.6. The fourth-order valence-corrected chi connectivity index (χ4v) is 2.63. The Hall–Kier alpha value is -3.24. The molecule has 132 valence electrons. The van der Waals surface area contributed by atoms with Crippen LogP contribution in [0.5, 0.6) is 11.5 Å². The maximum Gasteiger partial charge on any atom is 0.279 e. The van der Waals surface area contributed by atoms with Crippen molar-refractivity contribution in [3.63, 3.8) is 0 Å². The molecule has 1 unspecified atom stereocenters. The van der Waals surface area contributed by atoms with Gasteiger partial charge in [0.25, 0.3) is 11.8 Å². The van der Waals surface area contributed by atoms with Gasteiger partial charge in [0.1, 0.15) is 17.6 Å². The Morgan fingerprint density at radius 3 is 2.88 bits per heavy atom. The van der Waals surface area contributed by atoms with E-state index in [0.717, 1.165) is 5.56 Å². The van der Waals surface area contributed by atoms with Gasteiger partial charge in [0, 0.05) is 11.4 Å². The van der Waals surface area contributed by atoms with Crippen molar-refractivity contribution in [3.05, 3.63) is 58.6 Å². The Kier molecular flexibility index (Phi) is 5.25. The Bertz CT molecular complexity index is 894. The summed E-state index contributed by atoms with van der Waals surface area (Å²) >= 11 is 5.91. The highest BCUT2D eigenvalue weighted by atomic mass is 35.5. The van der Waals surface area contributed by atoms with E-state index in [1.54, 1.807) is 42.5 Å². The van der Waals surface area contributed by atoms with Gasteiger partial charge in [0.05, 0.1) is 5.56 Å². The number of hydrazine groups is 1. The van der Waals surface area contributed by atoms with Crippen molar-refractivity contribution >= 4 is 23.4 Å². The van der Waals surface area contributed by atoms with Gasteiger partial charge in [-0.3, -0.25) is 20.4 Å². The molecule has 0 aliphatic carbocycles. The topological polar surface area (TPSA) is 100 Å². The molecule has 1 heterocycles. The lowest BCUT2D eigenvalue weighted by molar-refractivity contribution is -0.133. The van der Waals surface area contributed by atoms with Crippen LogP contribution < -0.4 is 20.3 Å². The molecule has 0 radical (unpaired) electrons. The van der Waals surface area contributed by atoms with Gasteiger partial charge in [-0.15, -0.1) is 0 Å². The van der Waals surface area contributed by atoms with Crippen LogP contribution >= 0.6 is 11.6 Å². The SMILES string of the molecule is N#Cc1ccccc1OCC(=O)NNC(=O)C1Cc2cc(Cl)ccc2O1. The molecular weight excluding hydrogens is 358 g/mol. The number of amides is 2. The number of para-hydroxylation sites is 1. The van der Waals surface area contributed by atoms with Gasteiger partial charge >= 0.3 is 0 Å². The first-order valence-corrected chi connectivity index (χ1v) is 8.10. The van der Waals surface area contributed by atoms with Crippen LogP contribution in [0.15, 0.2) is 42.5 Å². The van der Waals surface area contributed by atoms with Crippen molar-refractivity contribution in [1.29, 1.82) is 5.26 Å². The average Bonchev–Trinajstić information content (AvgIpc) is 3.07. The maximum absolute atomic E-state index is 12.1. The highest BCUT2D eigenvalue weighted by molar-refractivity contribution is 6.30. The first kappa shape index (κ1) is 17.6. The molecule has 0 aromatic heterocycles. The number of nitrogens with one attached hydrogen (secondary N) is 2. The van der Waals surface area contributed by atoms with Crippen molar-refractivity contribution in [3.8, 4) is 17.6 Å². The molecule has 1 atom stereocenters. The van der Waals surface area contributed by atoms with Crippen LogP contribution in [0.3, 0.4) is 0 Å². The number of carbonyl (C=O) groups is 2. The zero-order valence-corrected chi connectivity index (χ0v) is 14.2. The molecule has 8 heteroatoms. The lowest BCUT2D eigenvalue weighted by Crippen LogP contribution is -2.49. The number of fused-ring (bicyclic) bond motifs is 1. The van der Waals surface area contributed by atoms with E-state index in [4.69, 9.17) is 26.3 Å². The molecule has 2 N–H and O–H groups in total. The molecule has 0 fully saturated rings. The summed E-state index contributed by atoms with van der Waals surface area (Å²) in [5, 5.41) is 9.53. The van der Waals surface area contributed by atoms with Crippen LogP contribution in [0.25, 0.3) is 0 Å². The summed E-state index contributed by atoms with van der Waals surface area (Å²) in [5.74, 6) is -0.159. The summed E-state index contributed by atoms with van der Waals surface area (Å²) in [4.78, 5) is 23.9. The van der Waals surface area contributed by atoms with E-state index in [0.29, 0.717) is 28.5 Å². The van der Waals surface area contributed by atoms with Crippen molar-refractivity contribution < 1.29 is 19.1 Å². The van der Waals surface area contributed by atoms with E-state index < -0.39 is 17.9 Å². The van der Waals surface area contributed by atoms with Crippen LogP contribution in [0.4, 0.5) is 0 Å². The molecule has 3 rings (SSSR count). The quantitative estimate of drug-likeness (QED) is 0.797. The summed E-state index contributed by atoms with van der Waals surface area (Å²) in [6.07, 6.45) is -0.382. The molecule has 2 amide bonds. The summed E-state index contributed by atoms with van der Waals surface area (Å²) in [6, 6.07) is 13.6. The van der Waals surface area contributed by atoms with Crippen LogP contribution in [0.1, 0.15) is 11.1 Å². The van der Waals surface area contributed by atoms with Gasteiger partial charge in [0.15, 0.2) is 12.7 Å². The molecule has 7 nitrogen and oxygen atoms in total. The molecule has 0 saturated carbocycles. The second-order valence-corrected chi connectivity index (χ2v) is 5.93. The van der Waals surface area contributed by atoms with Crippen LogP contribution in [0, 0.1) is 11.3 Å². The zero-order chi connectivity index (χ0) is 18.5. The second-order valence-electron chi connectivity index (χ2n) is 5.50. The minimum Gasteiger partial charge on any atom is -0.482 e. The summed E-state index contributed by atoms with van der Waals surface area (Å²) in [7, 11) is 0. The molecule has 0 spiro atoms. The third-order valence-electron chi connectivity index (χ3n) is 3.68. The van der Waals surface area contributed by atoms with Crippen molar-refractivity contribution in [2.45, 2.75) is 12.5 Å². The number of nitrogens with zero attached hydrogens (tertiary/aromatic N) is 1. The number of hydrogen-bond donors (Lipinski definition) is 2. The summed E-state index contributed by atoms with van der Waals surface area (Å²) in [5.41, 5.74) is 5.70. The maximum atomic E-state index is 12.1. The van der Waals surface area contributed by atoms with E-state index in [1.165, 1.54) is 0 Å². The Morgan fingerprint density at radius 2 is 2.08 bits per heavy atom. The lowest BCUT2D eigenvalue weighted by Gasteiger charge is -2.12. The highest BCUT2D eigenvalue weighted by Gasteiger charge is 2.29. The smallest absolute Gasteiger partial charge is 0.279 e. The van der Waals surface area contributed by atoms with E-state index in [9.17, 15) is 9.59 Å². The number of ether oxygens (including phenoxy) is 2. The predicted molar refractivity (Wildman–Crippen MR) is 92.5 cm³/mol. The largest absolute Gasteiger partial charge is 0.482 e. The third kappa shape index (κ3) is 4.05. The molecule has 2 aromatic rings. The van der Waals surface area contributed by atoms with Gasteiger partial charge in [-0.25, -0.2) is 0 Å². The summed E-state index contributed by atoms with van der Waals surface area (Å²) in [6.45, 7) is -0.347. The number of benzene rings is 2.